The molecule has 0 aromatic heterocycles. The van der Waals surface area contributed by atoms with Crippen molar-refractivity contribution in [1.29, 1.82) is 0 Å². The van der Waals surface area contributed by atoms with E-state index in [0.29, 0.717) is 13.1 Å². The van der Waals surface area contributed by atoms with Crippen LogP contribution in [0.3, 0.4) is 0 Å². The first-order valence-electron chi connectivity index (χ1n) is 9.46. The highest BCUT2D eigenvalue weighted by Gasteiger charge is 2.24. The lowest BCUT2D eigenvalue weighted by atomic mass is 10.1. The molecule has 4 rings (SSSR count). The van der Waals surface area contributed by atoms with Crippen LogP contribution in [-0.4, -0.2) is 70.8 Å². The fourth-order valence-electron chi connectivity index (χ4n) is 3.21. The zero-order valence-corrected chi connectivity index (χ0v) is 16.5. The molecule has 2 aromatic carbocycles. The van der Waals surface area contributed by atoms with E-state index < -0.39 is 17.8 Å². The van der Waals surface area contributed by atoms with E-state index in [1.165, 1.54) is 12.1 Å². The Balaban J connectivity index is 0.000000401. The summed E-state index contributed by atoms with van der Waals surface area (Å²) in [6.07, 6.45) is 0. The Morgan fingerprint density at radius 1 is 0.903 bits per heavy atom. The van der Waals surface area contributed by atoms with Crippen molar-refractivity contribution in [3.63, 3.8) is 0 Å². The second-order valence-electron chi connectivity index (χ2n) is 6.85. The minimum absolute atomic E-state index is 0.145. The van der Waals surface area contributed by atoms with Gasteiger partial charge in [0.1, 0.15) is 5.82 Å². The fraction of sp³-hybridized carbons (Fsp3) is 0.286. The monoisotopic (exact) mass is 432 g/mol. The molecule has 0 bridgehead atoms. The van der Waals surface area contributed by atoms with Gasteiger partial charge in [0.15, 0.2) is 11.5 Å². The summed E-state index contributed by atoms with van der Waals surface area (Å²) in [6.45, 7) is 3.77. The standard InChI is InChI=1S/C19H19FN2O3.C2H2O4/c20-16-4-2-1-3-15(16)19(23)22-9-7-21(8-10-22)12-14-5-6-17-18(11-14)25-13-24-17;3-1(4)2(5)6/h1-6,11H,7-10,12-13H2;(H,3,4)(H,5,6). The van der Waals surface area contributed by atoms with E-state index in [1.54, 1.807) is 17.0 Å². The smallest absolute Gasteiger partial charge is 0.414 e. The first-order valence-corrected chi connectivity index (χ1v) is 9.46. The van der Waals surface area contributed by atoms with E-state index in [4.69, 9.17) is 29.3 Å². The average Bonchev–Trinajstić information content (AvgIpc) is 3.22. The summed E-state index contributed by atoms with van der Waals surface area (Å²) in [4.78, 5) is 34.6. The largest absolute Gasteiger partial charge is 0.473 e. The topological polar surface area (TPSA) is 117 Å². The van der Waals surface area contributed by atoms with Crippen LogP contribution in [0, 0.1) is 5.82 Å². The molecule has 0 radical (unpaired) electrons. The molecule has 0 atom stereocenters. The number of carbonyl (C=O) groups excluding carboxylic acids is 1. The third kappa shape index (κ3) is 5.70. The molecule has 10 heteroatoms. The van der Waals surface area contributed by atoms with Gasteiger partial charge in [-0.2, -0.15) is 0 Å². The predicted molar refractivity (Wildman–Crippen MR) is 105 cm³/mol. The van der Waals surface area contributed by atoms with Gasteiger partial charge in [-0.05, 0) is 29.8 Å². The number of hydrogen-bond acceptors (Lipinski definition) is 6. The van der Waals surface area contributed by atoms with E-state index in [1.807, 2.05) is 18.2 Å². The van der Waals surface area contributed by atoms with Crippen LogP contribution in [0.1, 0.15) is 15.9 Å². The van der Waals surface area contributed by atoms with Gasteiger partial charge in [-0.3, -0.25) is 9.69 Å². The highest BCUT2D eigenvalue weighted by atomic mass is 19.1. The third-order valence-corrected chi connectivity index (χ3v) is 4.79. The lowest BCUT2D eigenvalue weighted by Crippen LogP contribution is -2.48. The van der Waals surface area contributed by atoms with Crippen LogP contribution in [-0.2, 0) is 16.1 Å². The van der Waals surface area contributed by atoms with Crippen LogP contribution in [0.4, 0.5) is 4.39 Å². The number of nitrogens with zero attached hydrogens (tertiary/aromatic N) is 2. The number of benzene rings is 2. The number of aliphatic carboxylic acids is 2. The van der Waals surface area contributed by atoms with Gasteiger partial charge >= 0.3 is 11.9 Å². The molecule has 164 valence electrons. The Morgan fingerprint density at radius 3 is 2.19 bits per heavy atom. The van der Waals surface area contributed by atoms with Gasteiger partial charge in [-0.15, -0.1) is 0 Å². The Morgan fingerprint density at radius 2 is 1.55 bits per heavy atom. The van der Waals surface area contributed by atoms with Crippen molar-refractivity contribution in [2.45, 2.75) is 6.54 Å². The third-order valence-electron chi connectivity index (χ3n) is 4.79. The lowest BCUT2D eigenvalue weighted by Gasteiger charge is -2.34. The molecule has 0 aliphatic carbocycles. The summed E-state index contributed by atoms with van der Waals surface area (Å²) >= 11 is 0. The normalized spacial score (nSPS) is 15.1. The molecule has 2 heterocycles. The van der Waals surface area contributed by atoms with Gasteiger partial charge < -0.3 is 24.6 Å². The highest BCUT2D eigenvalue weighted by Crippen LogP contribution is 2.32. The van der Waals surface area contributed by atoms with Crippen molar-refractivity contribution in [1.82, 2.24) is 9.80 Å². The van der Waals surface area contributed by atoms with Crippen LogP contribution >= 0.6 is 0 Å². The summed E-state index contributed by atoms with van der Waals surface area (Å²) in [7, 11) is 0. The summed E-state index contributed by atoms with van der Waals surface area (Å²) in [5.41, 5.74) is 1.30. The number of piperazine rings is 1. The predicted octanol–water partition coefficient (Wildman–Crippen LogP) is 1.67. The molecule has 0 unspecified atom stereocenters. The van der Waals surface area contributed by atoms with Gasteiger partial charge in [-0.25, -0.2) is 14.0 Å². The maximum atomic E-state index is 13.8. The van der Waals surface area contributed by atoms with Crippen LogP contribution in [0.25, 0.3) is 0 Å². The molecule has 9 nitrogen and oxygen atoms in total. The number of carboxylic acids is 2. The Hall–Kier alpha value is -3.66. The van der Waals surface area contributed by atoms with Gasteiger partial charge in [0.25, 0.3) is 5.91 Å². The van der Waals surface area contributed by atoms with E-state index in [0.717, 1.165) is 36.7 Å². The summed E-state index contributed by atoms with van der Waals surface area (Å²) < 4.78 is 24.5. The number of fused-ring (bicyclic) bond motifs is 1. The van der Waals surface area contributed by atoms with Crippen molar-refractivity contribution in [3.05, 3.63) is 59.4 Å². The Bertz CT molecular complexity index is 962. The Kier molecular flexibility index (Phi) is 7.03. The van der Waals surface area contributed by atoms with Crippen LogP contribution in [0.15, 0.2) is 42.5 Å². The lowest BCUT2D eigenvalue weighted by molar-refractivity contribution is -0.159. The summed E-state index contributed by atoms with van der Waals surface area (Å²) in [6, 6.07) is 12.1. The SMILES string of the molecule is O=C(O)C(=O)O.O=C(c1ccccc1F)N1CCN(Cc2ccc3c(c2)OCO3)CC1. The molecular weight excluding hydrogens is 411 g/mol. The first kappa shape index (κ1) is 22.0. The van der Waals surface area contributed by atoms with Gasteiger partial charge in [0.2, 0.25) is 6.79 Å². The van der Waals surface area contributed by atoms with Crippen LogP contribution < -0.4 is 9.47 Å². The quantitative estimate of drug-likeness (QED) is 0.704. The van der Waals surface area contributed by atoms with Gasteiger partial charge in [0.05, 0.1) is 5.56 Å². The maximum Gasteiger partial charge on any atom is 0.414 e. The number of hydrogen-bond donors (Lipinski definition) is 2. The fourth-order valence-corrected chi connectivity index (χ4v) is 3.21. The zero-order chi connectivity index (χ0) is 22.4. The van der Waals surface area contributed by atoms with Gasteiger partial charge in [0, 0.05) is 32.7 Å². The van der Waals surface area contributed by atoms with Crippen molar-refractivity contribution < 1.29 is 38.5 Å². The van der Waals surface area contributed by atoms with Crippen molar-refractivity contribution >= 4 is 17.8 Å². The number of rotatable bonds is 3. The molecule has 31 heavy (non-hydrogen) atoms. The van der Waals surface area contributed by atoms with Crippen LogP contribution in [0.2, 0.25) is 0 Å². The molecule has 1 saturated heterocycles. The van der Waals surface area contributed by atoms with Gasteiger partial charge in [-0.1, -0.05) is 18.2 Å². The Labute approximate surface area is 177 Å². The minimum atomic E-state index is -1.82. The van der Waals surface area contributed by atoms with Crippen LogP contribution in [0.5, 0.6) is 11.5 Å². The molecule has 2 aliphatic heterocycles. The number of carbonyl (C=O) groups is 3. The molecule has 1 fully saturated rings. The van der Waals surface area contributed by atoms with Crippen molar-refractivity contribution in [2.24, 2.45) is 0 Å². The number of carboxylic acid groups (broad SMARTS) is 2. The highest BCUT2D eigenvalue weighted by molar-refractivity contribution is 6.27. The molecule has 2 aromatic rings. The van der Waals surface area contributed by atoms with E-state index >= 15 is 0 Å². The minimum Gasteiger partial charge on any atom is -0.473 e. The number of ether oxygens (including phenoxy) is 2. The number of halogens is 1. The maximum absolute atomic E-state index is 13.8. The van der Waals surface area contributed by atoms with Crippen molar-refractivity contribution in [2.75, 3.05) is 33.0 Å². The van der Waals surface area contributed by atoms with E-state index in [9.17, 15) is 9.18 Å². The summed E-state index contributed by atoms with van der Waals surface area (Å²) in [5.74, 6) is -2.78. The first-order chi connectivity index (χ1) is 14.8. The molecule has 2 aliphatic rings. The molecule has 1 amide bonds. The van der Waals surface area contributed by atoms with Crippen molar-refractivity contribution in [3.8, 4) is 11.5 Å². The molecule has 0 spiro atoms. The molecular formula is C21H21FN2O7. The summed E-state index contributed by atoms with van der Waals surface area (Å²) in [5, 5.41) is 14.8. The van der Waals surface area contributed by atoms with E-state index in [2.05, 4.69) is 4.90 Å². The zero-order valence-electron chi connectivity index (χ0n) is 16.5. The second kappa shape index (κ2) is 9.90. The molecule has 0 saturated carbocycles. The number of amides is 1. The average molecular weight is 432 g/mol. The molecule has 2 N–H and O–H groups in total. The second-order valence-corrected chi connectivity index (χ2v) is 6.85. The van der Waals surface area contributed by atoms with E-state index in [-0.39, 0.29) is 18.3 Å².